The molecule has 0 aliphatic carbocycles. The molecule has 3 heterocycles. The molecule has 0 bridgehead atoms. The van der Waals surface area contributed by atoms with Crippen LogP contribution in [0.5, 0.6) is 11.5 Å². The van der Waals surface area contributed by atoms with Crippen molar-refractivity contribution in [2.75, 3.05) is 39.3 Å². The summed E-state index contributed by atoms with van der Waals surface area (Å²) >= 11 is 0. The summed E-state index contributed by atoms with van der Waals surface area (Å²) in [6, 6.07) is 10.7. The summed E-state index contributed by atoms with van der Waals surface area (Å²) < 4.78 is 13.0. The highest BCUT2D eigenvalue weighted by atomic mass is 16.6. The van der Waals surface area contributed by atoms with Crippen molar-refractivity contribution < 1.29 is 14.3 Å². The van der Waals surface area contributed by atoms with Crippen molar-refractivity contribution in [3.05, 3.63) is 52.4 Å². The van der Waals surface area contributed by atoms with Gasteiger partial charge < -0.3 is 14.4 Å². The molecular formula is C20H24N4O4. The number of para-hydroxylation sites is 2. The van der Waals surface area contributed by atoms with Gasteiger partial charge >= 0.3 is 0 Å². The van der Waals surface area contributed by atoms with Crippen molar-refractivity contribution in [3.63, 3.8) is 0 Å². The van der Waals surface area contributed by atoms with Crippen LogP contribution in [-0.2, 0) is 11.3 Å². The first kappa shape index (κ1) is 18.5. The van der Waals surface area contributed by atoms with Crippen LogP contribution in [0.2, 0.25) is 0 Å². The number of aryl methyl sites for hydroxylation is 1. The van der Waals surface area contributed by atoms with E-state index in [-0.39, 0.29) is 18.1 Å². The summed E-state index contributed by atoms with van der Waals surface area (Å²) in [6.45, 7) is 6.17. The molecule has 0 N–H and O–H groups in total. The van der Waals surface area contributed by atoms with Gasteiger partial charge in [0.05, 0.1) is 12.2 Å². The molecule has 2 aromatic rings. The van der Waals surface area contributed by atoms with Crippen LogP contribution in [0.1, 0.15) is 5.69 Å². The average Bonchev–Trinajstić information content (AvgIpc) is 2.74. The second kappa shape index (κ2) is 8.02. The Balaban J connectivity index is 1.28. The summed E-state index contributed by atoms with van der Waals surface area (Å²) in [5.74, 6) is 1.25. The lowest BCUT2D eigenvalue weighted by Crippen LogP contribution is -2.54. The van der Waals surface area contributed by atoms with Crippen molar-refractivity contribution >= 4 is 5.91 Å². The fraction of sp³-hybridized carbons (Fsp3) is 0.450. The van der Waals surface area contributed by atoms with Gasteiger partial charge in [0.25, 0.3) is 11.5 Å². The monoisotopic (exact) mass is 384 g/mol. The highest BCUT2D eigenvalue weighted by molar-refractivity contribution is 5.82. The molecule has 1 unspecified atom stereocenters. The second-order valence-electron chi connectivity index (χ2n) is 7.07. The van der Waals surface area contributed by atoms with E-state index in [0.717, 1.165) is 25.3 Å². The normalized spacial score (nSPS) is 19.5. The number of rotatable bonds is 4. The lowest BCUT2D eigenvalue weighted by molar-refractivity contribution is -0.143. The number of fused-ring (bicyclic) bond motifs is 1. The van der Waals surface area contributed by atoms with E-state index in [9.17, 15) is 9.59 Å². The summed E-state index contributed by atoms with van der Waals surface area (Å²) in [4.78, 5) is 28.7. The number of aromatic nitrogens is 2. The molecule has 1 aromatic heterocycles. The Morgan fingerprint density at radius 2 is 1.82 bits per heavy atom. The van der Waals surface area contributed by atoms with Crippen LogP contribution in [-0.4, -0.2) is 70.9 Å². The molecule has 8 nitrogen and oxygen atoms in total. The third-order valence-electron chi connectivity index (χ3n) is 5.10. The maximum absolute atomic E-state index is 12.8. The van der Waals surface area contributed by atoms with E-state index in [0.29, 0.717) is 31.1 Å². The minimum absolute atomic E-state index is 0.0364. The minimum Gasteiger partial charge on any atom is -0.485 e. The van der Waals surface area contributed by atoms with E-state index in [1.807, 2.05) is 36.1 Å². The number of carbonyl (C=O) groups is 1. The number of benzene rings is 1. The molecule has 2 aliphatic rings. The maximum atomic E-state index is 12.8. The van der Waals surface area contributed by atoms with E-state index >= 15 is 0 Å². The second-order valence-corrected chi connectivity index (χ2v) is 7.07. The predicted molar refractivity (Wildman–Crippen MR) is 103 cm³/mol. The van der Waals surface area contributed by atoms with E-state index in [1.54, 1.807) is 12.1 Å². The summed E-state index contributed by atoms with van der Waals surface area (Å²) in [6.07, 6.45) is -0.600. The minimum atomic E-state index is -0.600. The van der Waals surface area contributed by atoms with Gasteiger partial charge in [-0.3, -0.25) is 14.5 Å². The summed E-state index contributed by atoms with van der Waals surface area (Å²) in [5.41, 5.74) is 0.737. The van der Waals surface area contributed by atoms with Gasteiger partial charge in [-0.1, -0.05) is 12.1 Å². The number of hydrogen-bond donors (Lipinski definition) is 0. The van der Waals surface area contributed by atoms with E-state index in [2.05, 4.69) is 10.00 Å². The number of amides is 1. The molecule has 1 fully saturated rings. The van der Waals surface area contributed by atoms with E-state index in [4.69, 9.17) is 9.47 Å². The van der Waals surface area contributed by atoms with Crippen molar-refractivity contribution in [1.82, 2.24) is 19.6 Å². The van der Waals surface area contributed by atoms with Crippen LogP contribution in [0.3, 0.4) is 0 Å². The fourth-order valence-corrected chi connectivity index (χ4v) is 3.48. The largest absolute Gasteiger partial charge is 0.485 e. The van der Waals surface area contributed by atoms with E-state index in [1.165, 1.54) is 4.68 Å². The molecule has 1 saturated heterocycles. The van der Waals surface area contributed by atoms with Gasteiger partial charge in [-0.25, -0.2) is 4.68 Å². The van der Waals surface area contributed by atoms with Crippen molar-refractivity contribution in [2.24, 2.45) is 0 Å². The molecule has 28 heavy (non-hydrogen) atoms. The molecule has 1 amide bonds. The Hall–Kier alpha value is -2.87. The third-order valence-corrected chi connectivity index (χ3v) is 5.10. The van der Waals surface area contributed by atoms with Gasteiger partial charge in [-0.2, -0.15) is 5.10 Å². The molecule has 1 atom stereocenters. The van der Waals surface area contributed by atoms with Gasteiger partial charge in [0.2, 0.25) is 6.10 Å². The quantitative estimate of drug-likeness (QED) is 0.766. The average molecular weight is 384 g/mol. The number of carbonyl (C=O) groups excluding carboxylic acids is 1. The number of ether oxygens (including phenoxy) is 2. The molecule has 8 heteroatoms. The highest BCUT2D eigenvalue weighted by Crippen LogP contribution is 2.31. The van der Waals surface area contributed by atoms with Crippen LogP contribution in [0, 0.1) is 6.92 Å². The van der Waals surface area contributed by atoms with Gasteiger partial charge in [0.15, 0.2) is 11.5 Å². The lowest BCUT2D eigenvalue weighted by atomic mass is 10.2. The van der Waals surface area contributed by atoms with Crippen LogP contribution in [0.4, 0.5) is 0 Å². The molecule has 4 rings (SSSR count). The number of piperazine rings is 1. The highest BCUT2D eigenvalue weighted by Gasteiger charge is 2.32. The lowest BCUT2D eigenvalue weighted by Gasteiger charge is -2.37. The first-order valence-corrected chi connectivity index (χ1v) is 9.54. The zero-order chi connectivity index (χ0) is 19.5. The third kappa shape index (κ3) is 4.01. The van der Waals surface area contributed by atoms with Crippen molar-refractivity contribution in [3.8, 4) is 11.5 Å². The Morgan fingerprint density at radius 1 is 1.07 bits per heavy atom. The predicted octanol–water partition coefficient (Wildman–Crippen LogP) is 0.536. The van der Waals surface area contributed by atoms with Gasteiger partial charge in [-0.15, -0.1) is 0 Å². The standard InChI is InChI=1S/C20H24N4O4/c1-15-6-7-19(25)24(21-15)13-10-22-8-11-23(12-9-22)20(26)18-14-27-16-4-2-3-5-17(16)28-18/h2-7,18H,8-14H2,1H3. The smallest absolute Gasteiger partial charge is 0.267 e. The van der Waals surface area contributed by atoms with Gasteiger partial charge in [-0.05, 0) is 25.1 Å². The zero-order valence-electron chi connectivity index (χ0n) is 15.9. The molecular weight excluding hydrogens is 360 g/mol. The molecule has 1 aromatic carbocycles. The molecule has 0 spiro atoms. The fourth-order valence-electron chi connectivity index (χ4n) is 3.48. The van der Waals surface area contributed by atoms with Crippen LogP contribution in [0.25, 0.3) is 0 Å². The SMILES string of the molecule is Cc1ccc(=O)n(CCN2CCN(C(=O)C3COc4ccccc4O3)CC2)n1. The van der Waals surface area contributed by atoms with Crippen molar-refractivity contribution in [1.29, 1.82) is 0 Å². The first-order chi connectivity index (χ1) is 13.6. The number of hydrogen-bond acceptors (Lipinski definition) is 6. The maximum Gasteiger partial charge on any atom is 0.267 e. The van der Waals surface area contributed by atoms with Crippen LogP contribution < -0.4 is 15.0 Å². The molecule has 0 saturated carbocycles. The van der Waals surface area contributed by atoms with E-state index < -0.39 is 6.10 Å². The first-order valence-electron chi connectivity index (χ1n) is 9.54. The number of nitrogens with zero attached hydrogens (tertiary/aromatic N) is 4. The van der Waals surface area contributed by atoms with Crippen LogP contribution in [0.15, 0.2) is 41.2 Å². The van der Waals surface area contributed by atoms with Gasteiger partial charge in [0.1, 0.15) is 6.61 Å². The molecule has 2 aliphatic heterocycles. The summed E-state index contributed by atoms with van der Waals surface area (Å²) in [7, 11) is 0. The molecule has 0 radical (unpaired) electrons. The Morgan fingerprint density at radius 3 is 2.61 bits per heavy atom. The Bertz CT molecular complexity index is 905. The Kier molecular flexibility index (Phi) is 5.29. The topological polar surface area (TPSA) is 76.9 Å². The van der Waals surface area contributed by atoms with Crippen molar-refractivity contribution in [2.45, 2.75) is 19.6 Å². The molecule has 148 valence electrons. The summed E-state index contributed by atoms with van der Waals surface area (Å²) in [5, 5.41) is 4.26. The van der Waals surface area contributed by atoms with Gasteiger partial charge in [0, 0.05) is 38.8 Å². The zero-order valence-corrected chi connectivity index (χ0v) is 15.9. The van der Waals surface area contributed by atoms with Crippen LogP contribution >= 0.6 is 0 Å². The Labute approximate surface area is 163 Å².